The van der Waals surface area contributed by atoms with Gasteiger partial charge in [0, 0.05) is 13.5 Å². The van der Waals surface area contributed by atoms with Crippen molar-refractivity contribution in [2.75, 3.05) is 13.2 Å². The van der Waals surface area contributed by atoms with Crippen molar-refractivity contribution >= 4 is 6.09 Å². The smallest absolute Gasteiger partial charge is 0.410 e. The fourth-order valence-electron chi connectivity index (χ4n) is 4.41. The van der Waals surface area contributed by atoms with Crippen molar-refractivity contribution in [3.05, 3.63) is 29.3 Å². The third kappa shape index (κ3) is 5.83. The molecular weight excluding hydrogens is 376 g/mol. The molecule has 2 aliphatic rings. The van der Waals surface area contributed by atoms with E-state index in [2.05, 4.69) is 0 Å². The van der Waals surface area contributed by atoms with Crippen molar-refractivity contribution in [2.45, 2.75) is 83.8 Å². The lowest BCUT2D eigenvalue weighted by Gasteiger charge is -2.43. The summed E-state index contributed by atoms with van der Waals surface area (Å²) >= 11 is 0. The van der Waals surface area contributed by atoms with Crippen LogP contribution in [0.2, 0.25) is 0 Å². The van der Waals surface area contributed by atoms with Crippen LogP contribution in [0, 0.1) is 5.92 Å². The van der Waals surface area contributed by atoms with E-state index in [0.29, 0.717) is 18.2 Å². The van der Waals surface area contributed by atoms with Gasteiger partial charge in [-0.2, -0.15) is 0 Å². The van der Waals surface area contributed by atoms with E-state index in [4.69, 9.17) is 9.47 Å². The third-order valence-electron chi connectivity index (χ3n) is 5.61. The standard InChI is InChI=1S/C23H33F2NO3/c1-22(2,3)29-21(27)26-13-12-16-10-11-18(28-15-23(4,24)25)14-19(16)20(26)17-8-6-5-7-9-17/h10-11,14,17,20H,5-9,12-13,15H2,1-4H3. The lowest BCUT2D eigenvalue weighted by molar-refractivity contribution is -0.0230. The largest absolute Gasteiger partial charge is 0.487 e. The number of halogens is 2. The summed E-state index contributed by atoms with van der Waals surface area (Å²) in [7, 11) is 0. The molecule has 1 amide bonds. The molecule has 0 N–H and O–H groups in total. The maximum atomic E-state index is 13.2. The number of carbonyl (C=O) groups excluding carboxylic acids is 1. The van der Waals surface area contributed by atoms with Crippen molar-refractivity contribution in [3.8, 4) is 5.75 Å². The first-order chi connectivity index (χ1) is 13.5. The highest BCUT2D eigenvalue weighted by atomic mass is 19.3. The van der Waals surface area contributed by atoms with Crippen LogP contribution in [0.4, 0.5) is 13.6 Å². The Kier molecular flexibility index (Phi) is 6.39. The second kappa shape index (κ2) is 8.49. The van der Waals surface area contributed by atoms with E-state index < -0.39 is 18.1 Å². The van der Waals surface area contributed by atoms with E-state index >= 15 is 0 Å². The van der Waals surface area contributed by atoms with Gasteiger partial charge in [-0.05, 0) is 69.2 Å². The Bertz CT molecular complexity index is 718. The van der Waals surface area contributed by atoms with E-state index in [0.717, 1.165) is 50.2 Å². The van der Waals surface area contributed by atoms with Crippen LogP contribution in [0.15, 0.2) is 18.2 Å². The number of alkyl halides is 2. The molecule has 6 heteroatoms. The average Bonchev–Trinajstić information content (AvgIpc) is 2.64. The molecule has 0 radical (unpaired) electrons. The van der Waals surface area contributed by atoms with Crippen molar-refractivity contribution in [1.82, 2.24) is 4.90 Å². The molecule has 1 unspecified atom stereocenters. The predicted molar refractivity (Wildman–Crippen MR) is 109 cm³/mol. The highest BCUT2D eigenvalue weighted by molar-refractivity contribution is 5.69. The molecule has 1 atom stereocenters. The quantitative estimate of drug-likeness (QED) is 0.600. The molecular formula is C23H33F2NO3. The van der Waals surface area contributed by atoms with Crippen molar-refractivity contribution in [2.24, 2.45) is 5.92 Å². The molecule has 1 saturated carbocycles. The van der Waals surface area contributed by atoms with Crippen molar-refractivity contribution < 1.29 is 23.0 Å². The number of hydrogen-bond donors (Lipinski definition) is 0. The van der Waals surface area contributed by atoms with Crippen LogP contribution >= 0.6 is 0 Å². The number of benzene rings is 1. The molecule has 1 aliphatic heterocycles. The molecule has 3 rings (SSSR count). The SMILES string of the molecule is CC(F)(F)COc1ccc2c(c1)C(C1CCCCC1)N(C(=O)OC(C)(C)C)CC2. The summed E-state index contributed by atoms with van der Waals surface area (Å²) < 4.78 is 37.5. The van der Waals surface area contributed by atoms with Crippen LogP contribution in [-0.4, -0.2) is 35.7 Å². The lowest BCUT2D eigenvalue weighted by atomic mass is 9.77. The summed E-state index contributed by atoms with van der Waals surface area (Å²) in [5.74, 6) is -2.11. The summed E-state index contributed by atoms with van der Waals surface area (Å²) in [5.41, 5.74) is 1.62. The van der Waals surface area contributed by atoms with Gasteiger partial charge in [0.1, 0.15) is 11.4 Å². The second-order valence-corrected chi connectivity index (χ2v) is 9.49. The van der Waals surface area contributed by atoms with E-state index in [1.807, 2.05) is 37.8 Å². The van der Waals surface area contributed by atoms with Gasteiger partial charge in [-0.15, -0.1) is 0 Å². The first-order valence-corrected chi connectivity index (χ1v) is 10.7. The minimum absolute atomic E-state index is 0.0976. The number of amides is 1. The van der Waals surface area contributed by atoms with Crippen molar-refractivity contribution in [3.63, 3.8) is 0 Å². The zero-order valence-corrected chi connectivity index (χ0v) is 18.0. The lowest BCUT2D eigenvalue weighted by Crippen LogP contribution is -2.45. The summed E-state index contributed by atoms with van der Waals surface area (Å²) in [6, 6.07) is 5.48. The molecule has 29 heavy (non-hydrogen) atoms. The molecule has 0 spiro atoms. The Morgan fingerprint density at radius 2 is 1.83 bits per heavy atom. The van der Waals surface area contributed by atoms with Gasteiger partial charge in [-0.25, -0.2) is 13.6 Å². The van der Waals surface area contributed by atoms with Crippen LogP contribution < -0.4 is 4.74 Å². The average molecular weight is 410 g/mol. The van der Waals surface area contributed by atoms with Crippen LogP contribution in [0.25, 0.3) is 0 Å². The summed E-state index contributed by atoms with van der Waals surface area (Å²) in [6.07, 6.45) is 6.06. The first-order valence-electron chi connectivity index (χ1n) is 10.7. The Hall–Kier alpha value is -1.85. The number of fused-ring (bicyclic) bond motifs is 1. The monoisotopic (exact) mass is 409 g/mol. The van der Waals surface area contributed by atoms with Gasteiger partial charge in [-0.1, -0.05) is 25.3 Å². The molecule has 0 saturated heterocycles. The highest BCUT2D eigenvalue weighted by Gasteiger charge is 2.39. The number of nitrogens with zero attached hydrogens (tertiary/aromatic N) is 1. The number of rotatable bonds is 4. The second-order valence-electron chi connectivity index (χ2n) is 9.49. The topological polar surface area (TPSA) is 38.8 Å². The molecule has 0 aromatic heterocycles. The maximum absolute atomic E-state index is 13.2. The van der Waals surface area contributed by atoms with E-state index in [1.165, 1.54) is 6.42 Å². The number of carbonyl (C=O) groups is 1. The number of hydrogen-bond acceptors (Lipinski definition) is 3. The van der Waals surface area contributed by atoms with Crippen LogP contribution in [0.3, 0.4) is 0 Å². The molecule has 1 aliphatic carbocycles. The maximum Gasteiger partial charge on any atom is 0.410 e. The Morgan fingerprint density at radius 1 is 1.14 bits per heavy atom. The molecule has 0 bridgehead atoms. The summed E-state index contributed by atoms with van der Waals surface area (Å²) in [6.45, 7) is 6.41. The van der Waals surface area contributed by atoms with E-state index in [-0.39, 0.29) is 12.1 Å². The Labute approximate surface area is 172 Å². The summed E-state index contributed by atoms with van der Waals surface area (Å²) in [5, 5.41) is 0. The normalized spacial score (nSPS) is 20.9. The highest BCUT2D eigenvalue weighted by Crippen LogP contribution is 2.43. The molecule has 1 aromatic rings. The van der Waals surface area contributed by atoms with Gasteiger partial charge in [0.2, 0.25) is 0 Å². The Morgan fingerprint density at radius 3 is 2.45 bits per heavy atom. The minimum Gasteiger partial charge on any atom is -0.487 e. The zero-order chi connectivity index (χ0) is 21.2. The molecule has 4 nitrogen and oxygen atoms in total. The molecule has 1 heterocycles. The van der Waals surface area contributed by atoms with Gasteiger partial charge < -0.3 is 14.4 Å². The van der Waals surface area contributed by atoms with Gasteiger partial charge in [0.15, 0.2) is 6.61 Å². The van der Waals surface area contributed by atoms with Gasteiger partial charge in [-0.3, -0.25) is 0 Å². The van der Waals surface area contributed by atoms with Crippen LogP contribution in [0.5, 0.6) is 5.75 Å². The predicted octanol–water partition coefficient (Wildman–Crippen LogP) is 6.14. The number of ether oxygens (including phenoxy) is 2. The van der Waals surface area contributed by atoms with E-state index in [9.17, 15) is 13.6 Å². The van der Waals surface area contributed by atoms with Gasteiger partial charge >= 0.3 is 6.09 Å². The van der Waals surface area contributed by atoms with Gasteiger partial charge in [0.05, 0.1) is 6.04 Å². The molecule has 1 aromatic carbocycles. The third-order valence-corrected chi connectivity index (χ3v) is 5.61. The zero-order valence-electron chi connectivity index (χ0n) is 18.0. The fourth-order valence-corrected chi connectivity index (χ4v) is 4.41. The molecule has 162 valence electrons. The first kappa shape index (κ1) is 21.8. The van der Waals surface area contributed by atoms with Crippen LogP contribution in [0.1, 0.15) is 77.0 Å². The fraction of sp³-hybridized carbons (Fsp3) is 0.696. The van der Waals surface area contributed by atoms with E-state index in [1.54, 1.807) is 6.07 Å². The minimum atomic E-state index is -2.89. The Balaban J connectivity index is 1.91. The van der Waals surface area contributed by atoms with Crippen molar-refractivity contribution in [1.29, 1.82) is 0 Å². The van der Waals surface area contributed by atoms with Crippen LogP contribution in [-0.2, 0) is 11.2 Å². The molecule has 1 fully saturated rings. The van der Waals surface area contributed by atoms with Gasteiger partial charge in [0.25, 0.3) is 5.92 Å². The summed E-state index contributed by atoms with van der Waals surface area (Å²) in [4.78, 5) is 14.8.